The zero-order chi connectivity index (χ0) is 16.0. The van der Waals surface area contributed by atoms with Gasteiger partial charge in [-0.15, -0.1) is 0 Å². The fourth-order valence-electron chi connectivity index (χ4n) is 1.73. The Bertz CT molecular complexity index is 484. The minimum Gasteiger partial charge on any atom is -0.394 e. The highest BCUT2D eigenvalue weighted by molar-refractivity contribution is 5.90. The van der Waals surface area contributed by atoms with Crippen molar-refractivity contribution in [2.24, 2.45) is 0 Å². The number of carbonyl (C=O) groups is 1. The van der Waals surface area contributed by atoms with Crippen molar-refractivity contribution in [3.05, 3.63) is 29.3 Å². The summed E-state index contributed by atoms with van der Waals surface area (Å²) in [7, 11) is 0. The van der Waals surface area contributed by atoms with Crippen molar-refractivity contribution in [3.63, 3.8) is 0 Å². The molecular weight excluding hydrogens is 268 g/mol. The second kappa shape index (κ2) is 7.43. The van der Waals surface area contributed by atoms with Crippen LogP contribution < -0.4 is 10.6 Å². The highest BCUT2D eigenvalue weighted by Crippen LogP contribution is 2.20. The summed E-state index contributed by atoms with van der Waals surface area (Å²) in [6, 6.07) is 5.39. The van der Waals surface area contributed by atoms with Gasteiger partial charge in [0.15, 0.2) is 0 Å². The molecule has 2 amide bonds. The summed E-state index contributed by atoms with van der Waals surface area (Å²) >= 11 is 0. The second-order valence-electron chi connectivity index (χ2n) is 6.07. The van der Waals surface area contributed by atoms with Crippen LogP contribution in [-0.4, -0.2) is 29.4 Å². The van der Waals surface area contributed by atoms with Gasteiger partial charge in [-0.2, -0.15) is 0 Å². The molecule has 0 aromatic heterocycles. The van der Waals surface area contributed by atoms with Gasteiger partial charge in [-0.3, -0.25) is 0 Å². The molecule has 5 heteroatoms. The average Bonchev–Trinajstić information content (AvgIpc) is 2.39. The summed E-state index contributed by atoms with van der Waals surface area (Å²) in [4.78, 5) is 12.0. The molecule has 118 valence electrons. The largest absolute Gasteiger partial charge is 0.394 e. The molecule has 0 heterocycles. The Kier molecular flexibility index (Phi) is 6.18. The van der Waals surface area contributed by atoms with E-state index in [9.17, 15) is 9.90 Å². The molecule has 0 fully saturated rings. The van der Waals surface area contributed by atoms with Crippen molar-refractivity contribution < 1.29 is 14.6 Å². The Morgan fingerprint density at radius 3 is 2.62 bits per heavy atom. The molecule has 0 aliphatic heterocycles. The lowest BCUT2D eigenvalue weighted by molar-refractivity contribution is 0.0654. The molecule has 21 heavy (non-hydrogen) atoms. The van der Waals surface area contributed by atoms with Crippen molar-refractivity contribution in [1.29, 1.82) is 0 Å². The molecule has 0 aliphatic rings. The number of hydrogen-bond acceptors (Lipinski definition) is 3. The van der Waals surface area contributed by atoms with E-state index in [0.29, 0.717) is 6.61 Å². The van der Waals surface area contributed by atoms with Gasteiger partial charge < -0.3 is 20.5 Å². The molecule has 0 spiro atoms. The molecule has 0 aliphatic carbocycles. The first-order valence-corrected chi connectivity index (χ1v) is 7.15. The average molecular weight is 294 g/mol. The van der Waals surface area contributed by atoms with Gasteiger partial charge in [0, 0.05) is 5.69 Å². The lowest BCUT2D eigenvalue weighted by Crippen LogP contribution is -2.48. The van der Waals surface area contributed by atoms with Crippen LogP contribution in [0, 0.1) is 6.92 Å². The number of urea groups is 1. The predicted octanol–water partition coefficient (Wildman–Crippen LogP) is 2.81. The first kappa shape index (κ1) is 17.5. The van der Waals surface area contributed by atoms with Crippen LogP contribution in [0.4, 0.5) is 10.5 Å². The van der Waals surface area contributed by atoms with E-state index < -0.39 is 5.54 Å². The fraction of sp³-hybridized carbons (Fsp3) is 0.562. The van der Waals surface area contributed by atoms with Crippen molar-refractivity contribution in [1.82, 2.24) is 5.32 Å². The number of amides is 2. The number of benzene rings is 1. The molecule has 3 N–H and O–H groups in total. The van der Waals surface area contributed by atoms with Gasteiger partial charge in [0.1, 0.15) is 0 Å². The fourth-order valence-corrected chi connectivity index (χ4v) is 1.73. The maximum absolute atomic E-state index is 12.0. The van der Waals surface area contributed by atoms with Gasteiger partial charge in [0.05, 0.1) is 24.9 Å². The van der Waals surface area contributed by atoms with Crippen molar-refractivity contribution in [3.8, 4) is 0 Å². The van der Waals surface area contributed by atoms with E-state index in [1.807, 2.05) is 39.0 Å². The minimum atomic E-state index is -0.656. The summed E-state index contributed by atoms with van der Waals surface area (Å²) in [6.07, 6.45) is 0.162. The number of aliphatic hydroxyl groups excluding tert-OH is 1. The molecule has 0 atom stereocenters. The SMILES string of the molecule is Cc1c(COC(C)C)cccc1NC(=O)NC(C)(C)CO. The zero-order valence-corrected chi connectivity index (χ0v) is 13.5. The molecule has 0 saturated heterocycles. The van der Waals surface area contributed by atoms with E-state index in [1.165, 1.54) is 0 Å². The Morgan fingerprint density at radius 2 is 2.05 bits per heavy atom. The maximum atomic E-state index is 12.0. The van der Waals surface area contributed by atoms with Crippen LogP contribution in [0.5, 0.6) is 0 Å². The lowest BCUT2D eigenvalue weighted by atomic mass is 10.1. The smallest absolute Gasteiger partial charge is 0.319 e. The Balaban J connectivity index is 2.75. The van der Waals surface area contributed by atoms with Crippen LogP contribution >= 0.6 is 0 Å². The molecule has 1 rings (SSSR count). The van der Waals surface area contributed by atoms with E-state index in [4.69, 9.17) is 4.74 Å². The third-order valence-electron chi connectivity index (χ3n) is 3.11. The van der Waals surface area contributed by atoms with Crippen LogP contribution in [0.2, 0.25) is 0 Å². The Labute approximate surface area is 126 Å². The number of hydrogen-bond donors (Lipinski definition) is 3. The first-order valence-electron chi connectivity index (χ1n) is 7.15. The molecule has 0 unspecified atom stereocenters. The topological polar surface area (TPSA) is 70.6 Å². The highest BCUT2D eigenvalue weighted by atomic mass is 16.5. The normalized spacial score (nSPS) is 11.6. The number of nitrogens with one attached hydrogen (secondary N) is 2. The monoisotopic (exact) mass is 294 g/mol. The minimum absolute atomic E-state index is 0.123. The molecular formula is C16H26N2O3. The van der Waals surface area contributed by atoms with E-state index in [1.54, 1.807) is 13.8 Å². The van der Waals surface area contributed by atoms with Gasteiger partial charge in [-0.05, 0) is 51.8 Å². The molecule has 0 radical (unpaired) electrons. The van der Waals surface area contributed by atoms with Crippen LogP contribution in [0.25, 0.3) is 0 Å². The quantitative estimate of drug-likeness (QED) is 0.755. The Morgan fingerprint density at radius 1 is 1.38 bits per heavy atom. The summed E-state index contributed by atoms with van der Waals surface area (Å²) in [5.74, 6) is 0. The second-order valence-corrected chi connectivity index (χ2v) is 6.07. The Hall–Kier alpha value is -1.59. The third-order valence-corrected chi connectivity index (χ3v) is 3.11. The van der Waals surface area contributed by atoms with Crippen molar-refractivity contribution in [2.45, 2.75) is 52.9 Å². The summed E-state index contributed by atoms with van der Waals surface area (Å²) < 4.78 is 5.61. The van der Waals surface area contributed by atoms with Crippen LogP contribution in [-0.2, 0) is 11.3 Å². The highest BCUT2D eigenvalue weighted by Gasteiger charge is 2.19. The number of ether oxygens (including phenoxy) is 1. The van der Waals surface area contributed by atoms with Gasteiger partial charge in [-0.25, -0.2) is 4.79 Å². The van der Waals surface area contributed by atoms with Gasteiger partial charge in [0.25, 0.3) is 0 Å². The molecule has 0 bridgehead atoms. The summed E-state index contributed by atoms with van der Waals surface area (Å²) in [5.41, 5.74) is 2.11. The van der Waals surface area contributed by atoms with Crippen molar-refractivity contribution in [2.75, 3.05) is 11.9 Å². The summed E-state index contributed by atoms with van der Waals surface area (Å²) in [6.45, 7) is 9.83. The van der Waals surface area contributed by atoms with Gasteiger partial charge >= 0.3 is 6.03 Å². The zero-order valence-electron chi connectivity index (χ0n) is 13.5. The van der Waals surface area contributed by atoms with Gasteiger partial charge in [-0.1, -0.05) is 12.1 Å². The first-order chi connectivity index (χ1) is 9.75. The number of rotatable bonds is 6. The van der Waals surface area contributed by atoms with Gasteiger partial charge in [0.2, 0.25) is 0 Å². The molecule has 5 nitrogen and oxygen atoms in total. The predicted molar refractivity (Wildman–Crippen MR) is 84.4 cm³/mol. The molecule has 1 aromatic carbocycles. The number of aliphatic hydroxyl groups is 1. The maximum Gasteiger partial charge on any atom is 0.319 e. The van der Waals surface area contributed by atoms with Crippen LogP contribution in [0.3, 0.4) is 0 Å². The third kappa shape index (κ3) is 5.73. The van der Waals surface area contributed by atoms with E-state index >= 15 is 0 Å². The molecule has 0 saturated carbocycles. The van der Waals surface area contributed by atoms with E-state index in [2.05, 4.69) is 10.6 Å². The van der Waals surface area contributed by atoms with Crippen molar-refractivity contribution >= 4 is 11.7 Å². The lowest BCUT2D eigenvalue weighted by Gasteiger charge is -2.24. The van der Waals surface area contributed by atoms with Crippen LogP contribution in [0.1, 0.15) is 38.8 Å². The molecule has 1 aromatic rings. The number of carbonyl (C=O) groups excluding carboxylic acids is 1. The standard InChI is InChI=1S/C16H26N2O3/c1-11(2)21-9-13-7-6-8-14(12(13)3)17-15(20)18-16(4,5)10-19/h6-8,11,19H,9-10H2,1-5H3,(H2,17,18,20). The van der Waals surface area contributed by atoms with E-state index in [0.717, 1.165) is 16.8 Å². The van der Waals surface area contributed by atoms with E-state index in [-0.39, 0.29) is 18.7 Å². The van der Waals surface area contributed by atoms with Crippen LogP contribution in [0.15, 0.2) is 18.2 Å². The summed E-state index contributed by atoms with van der Waals surface area (Å²) in [5, 5.41) is 14.7. The number of anilines is 1.